The molecule has 0 unspecified atom stereocenters. The Balaban J connectivity index is 3.36. The van der Waals surface area contributed by atoms with Crippen molar-refractivity contribution in [2.75, 3.05) is 13.3 Å². The number of hydrogen-bond acceptors (Lipinski definition) is 2. The Morgan fingerprint density at radius 2 is 1.92 bits per heavy atom. The molecule has 0 N–H and O–H groups in total. The molecule has 0 fully saturated rings. The first-order valence-corrected chi connectivity index (χ1v) is 6.20. The molecule has 0 atom stereocenters. The second kappa shape index (κ2) is 3.13. The zero-order valence-electron chi connectivity index (χ0n) is 7.11. The second-order valence-electron chi connectivity index (χ2n) is 2.98. The van der Waals surface area contributed by atoms with Crippen LogP contribution in [0.25, 0.3) is 0 Å². The third-order valence-corrected chi connectivity index (χ3v) is 3.15. The van der Waals surface area contributed by atoms with Gasteiger partial charge < -0.3 is 4.57 Å². The maximum atomic E-state index is 11.6. The Morgan fingerprint density at radius 3 is 2.33 bits per heavy atom. The fourth-order valence-electron chi connectivity index (χ4n) is 1.04. The van der Waals surface area contributed by atoms with Crippen LogP contribution in [0.2, 0.25) is 0 Å². The molecule has 0 heterocycles. The number of nitriles is 1. The first-order valence-electron chi connectivity index (χ1n) is 3.60. The topological polar surface area (TPSA) is 40.9 Å². The highest BCUT2D eigenvalue weighted by atomic mass is 31.2. The van der Waals surface area contributed by atoms with Crippen molar-refractivity contribution in [2.24, 2.45) is 0 Å². The van der Waals surface area contributed by atoms with Gasteiger partial charge in [-0.05, 0) is 19.4 Å². The minimum atomic E-state index is -2.29. The maximum absolute atomic E-state index is 11.6. The van der Waals surface area contributed by atoms with Crippen molar-refractivity contribution in [3.8, 4) is 6.07 Å². The van der Waals surface area contributed by atoms with Gasteiger partial charge in [0.1, 0.15) is 7.14 Å². The van der Waals surface area contributed by atoms with Gasteiger partial charge in [-0.25, -0.2) is 0 Å². The molecule has 3 heteroatoms. The zero-order chi connectivity index (χ0) is 9.19. The van der Waals surface area contributed by atoms with Crippen molar-refractivity contribution >= 4 is 12.4 Å². The summed E-state index contributed by atoms with van der Waals surface area (Å²) in [7, 11) is -2.29. The van der Waals surface area contributed by atoms with E-state index in [4.69, 9.17) is 5.26 Å². The quantitative estimate of drug-likeness (QED) is 0.617. The van der Waals surface area contributed by atoms with Crippen molar-refractivity contribution in [1.82, 2.24) is 0 Å². The molecule has 0 aliphatic rings. The van der Waals surface area contributed by atoms with Crippen LogP contribution in [0, 0.1) is 11.3 Å². The van der Waals surface area contributed by atoms with Crippen molar-refractivity contribution < 1.29 is 4.57 Å². The largest absolute Gasteiger partial charge is 0.319 e. The average molecular weight is 179 g/mol. The van der Waals surface area contributed by atoms with Crippen LogP contribution < -0.4 is 5.30 Å². The fourth-order valence-corrected chi connectivity index (χ4v) is 2.19. The van der Waals surface area contributed by atoms with Crippen LogP contribution in [0.1, 0.15) is 5.56 Å². The van der Waals surface area contributed by atoms with E-state index in [0.29, 0.717) is 10.9 Å². The first kappa shape index (κ1) is 9.03. The van der Waals surface area contributed by atoms with Crippen LogP contribution in [0.15, 0.2) is 24.3 Å². The van der Waals surface area contributed by atoms with Gasteiger partial charge in [-0.1, -0.05) is 18.2 Å². The predicted molar refractivity (Wildman–Crippen MR) is 50.2 cm³/mol. The van der Waals surface area contributed by atoms with Gasteiger partial charge in [0.15, 0.2) is 0 Å². The normalized spacial score (nSPS) is 10.8. The van der Waals surface area contributed by atoms with Crippen LogP contribution in [-0.2, 0) is 4.57 Å². The SMILES string of the molecule is CP(C)(=O)c1ccccc1C#N. The molecule has 0 saturated carbocycles. The molecule has 0 radical (unpaired) electrons. The minimum Gasteiger partial charge on any atom is -0.319 e. The molecule has 62 valence electrons. The Kier molecular flexibility index (Phi) is 2.35. The van der Waals surface area contributed by atoms with Gasteiger partial charge in [0.05, 0.1) is 11.6 Å². The van der Waals surface area contributed by atoms with E-state index in [1.807, 2.05) is 6.07 Å². The summed E-state index contributed by atoms with van der Waals surface area (Å²) in [6, 6.07) is 9.05. The van der Waals surface area contributed by atoms with E-state index in [1.54, 1.807) is 37.6 Å². The number of nitrogens with zero attached hydrogens (tertiary/aromatic N) is 1. The molecule has 0 amide bonds. The minimum absolute atomic E-state index is 0.519. The molecule has 12 heavy (non-hydrogen) atoms. The lowest BCUT2D eigenvalue weighted by Gasteiger charge is -2.07. The summed E-state index contributed by atoms with van der Waals surface area (Å²) in [6.07, 6.45) is 0. The van der Waals surface area contributed by atoms with Crippen molar-refractivity contribution in [3.05, 3.63) is 29.8 Å². The maximum Gasteiger partial charge on any atom is 0.111 e. The zero-order valence-corrected chi connectivity index (χ0v) is 8.01. The van der Waals surface area contributed by atoms with Crippen LogP contribution in [-0.4, -0.2) is 13.3 Å². The first-order chi connectivity index (χ1) is 5.55. The van der Waals surface area contributed by atoms with Gasteiger partial charge in [0, 0.05) is 5.30 Å². The molecule has 0 spiro atoms. The summed E-state index contributed by atoms with van der Waals surface area (Å²) in [4.78, 5) is 0. The van der Waals surface area contributed by atoms with E-state index in [-0.39, 0.29) is 0 Å². The van der Waals surface area contributed by atoms with Gasteiger partial charge in [-0.3, -0.25) is 0 Å². The Hall–Kier alpha value is -1.06. The third kappa shape index (κ3) is 1.75. The Bertz CT molecular complexity index is 372. The summed E-state index contributed by atoms with van der Waals surface area (Å²) in [6.45, 7) is 3.34. The van der Waals surface area contributed by atoms with E-state index in [1.165, 1.54) is 0 Å². The molecule has 0 saturated heterocycles. The molecule has 2 nitrogen and oxygen atoms in total. The average Bonchev–Trinajstić information content (AvgIpc) is 2.03. The summed E-state index contributed by atoms with van der Waals surface area (Å²) >= 11 is 0. The summed E-state index contributed by atoms with van der Waals surface area (Å²) in [5, 5.41) is 9.38. The molecule has 1 aromatic rings. The highest BCUT2D eigenvalue weighted by Gasteiger charge is 2.14. The molecule has 0 aliphatic heterocycles. The van der Waals surface area contributed by atoms with Gasteiger partial charge in [0.25, 0.3) is 0 Å². The molecular weight excluding hydrogens is 169 g/mol. The highest BCUT2D eigenvalue weighted by molar-refractivity contribution is 7.70. The number of rotatable bonds is 1. The summed E-state index contributed by atoms with van der Waals surface area (Å²) < 4.78 is 11.6. The van der Waals surface area contributed by atoms with E-state index >= 15 is 0 Å². The van der Waals surface area contributed by atoms with E-state index in [0.717, 1.165) is 0 Å². The Morgan fingerprint density at radius 1 is 1.33 bits per heavy atom. The van der Waals surface area contributed by atoms with Crippen LogP contribution in [0.3, 0.4) is 0 Å². The van der Waals surface area contributed by atoms with Gasteiger partial charge in [-0.15, -0.1) is 0 Å². The lowest BCUT2D eigenvalue weighted by atomic mass is 10.2. The standard InChI is InChI=1S/C9H10NOP/c1-12(2,11)9-6-4-3-5-8(9)7-10/h3-6H,1-2H3. The summed E-state index contributed by atoms with van der Waals surface area (Å²) in [5.74, 6) is 0. The summed E-state index contributed by atoms with van der Waals surface area (Å²) in [5.41, 5.74) is 0.519. The molecule has 0 aromatic heterocycles. The van der Waals surface area contributed by atoms with Crippen LogP contribution >= 0.6 is 7.14 Å². The molecule has 0 aliphatic carbocycles. The predicted octanol–water partition coefficient (Wildman–Crippen LogP) is 1.81. The Labute approximate surface area is 72.2 Å². The van der Waals surface area contributed by atoms with Crippen molar-refractivity contribution in [1.29, 1.82) is 5.26 Å². The monoisotopic (exact) mass is 179 g/mol. The van der Waals surface area contributed by atoms with Crippen molar-refractivity contribution in [3.63, 3.8) is 0 Å². The van der Waals surface area contributed by atoms with E-state index in [2.05, 4.69) is 0 Å². The van der Waals surface area contributed by atoms with E-state index < -0.39 is 7.14 Å². The van der Waals surface area contributed by atoms with Gasteiger partial charge >= 0.3 is 0 Å². The molecular formula is C9H10NOP. The van der Waals surface area contributed by atoms with Crippen LogP contribution in [0.4, 0.5) is 0 Å². The van der Waals surface area contributed by atoms with Gasteiger partial charge in [-0.2, -0.15) is 5.26 Å². The smallest absolute Gasteiger partial charge is 0.111 e. The lowest BCUT2D eigenvalue weighted by molar-refractivity contribution is 0.588. The van der Waals surface area contributed by atoms with Gasteiger partial charge in [0.2, 0.25) is 0 Å². The molecule has 1 aromatic carbocycles. The van der Waals surface area contributed by atoms with Crippen LogP contribution in [0.5, 0.6) is 0 Å². The van der Waals surface area contributed by atoms with E-state index in [9.17, 15) is 4.57 Å². The fraction of sp³-hybridized carbons (Fsp3) is 0.222. The number of hydrogen-bond donors (Lipinski definition) is 0. The highest BCUT2D eigenvalue weighted by Crippen LogP contribution is 2.35. The van der Waals surface area contributed by atoms with Crippen molar-refractivity contribution in [2.45, 2.75) is 0 Å². The third-order valence-electron chi connectivity index (χ3n) is 1.60. The second-order valence-corrected chi connectivity index (χ2v) is 6.16. The molecule has 1 rings (SSSR count). The number of benzene rings is 1. The molecule has 0 bridgehead atoms. The lowest BCUT2D eigenvalue weighted by Crippen LogP contribution is -2.06.